The summed E-state index contributed by atoms with van der Waals surface area (Å²) in [6.07, 6.45) is 8.52. The van der Waals surface area contributed by atoms with Gasteiger partial charge in [0, 0.05) is 30.7 Å². The van der Waals surface area contributed by atoms with E-state index in [2.05, 4.69) is 0 Å². The van der Waals surface area contributed by atoms with Crippen molar-refractivity contribution >= 4 is 26.7 Å². The van der Waals surface area contributed by atoms with E-state index >= 15 is 8.78 Å². The van der Waals surface area contributed by atoms with Gasteiger partial charge in [-0.25, -0.2) is 8.42 Å². The molecule has 11 heteroatoms. The molecule has 2 saturated heterocycles. The van der Waals surface area contributed by atoms with E-state index in [1.807, 2.05) is 13.0 Å². The number of hydrogen-bond acceptors (Lipinski definition) is 6. The van der Waals surface area contributed by atoms with Crippen molar-refractivity contribution in [2.24, 2.45) is 5.73 Å². The quantitative estimate of drug-likeness (QED) is 0.218. The van der Waals surface area contributed by atoms with Crippen LogP contribution in [0, 0.1) is 0 Å². The van der Waals surface area contributed by atoms with Crippen molar-refractivity contribution in [3.8, 4) is 11.5 Å². The maximum atomic E-state index is 16.7. The van der Waals surface area contributed by atoms with Crippen LogP contribution in [0.25, 0.3) is 10.8 Å². The number of alkyl halides is 2. The van der Waals surface area contributed by atoms with Gasteiger partial charge in [0.15, 0.2) is 6.04 Å². The van der Waals surface area contributed by atoms with Crippen LogP contribution in [0.4, 0.5) is 8.78 Å². The average Bonchev–Trinajstić information content (AvgIpc) is 3.66. The maximum Gasteiger partial charge on any atom is 0.298 e. The molecule has 2 N–H and O–H groups in total. The lowest BCUT2D eigenvalue weighted by Gasteiger charge is -2.42. The molecule has 8 nitrogen and oxygen atoms in total. The molecule has 0 aromatic heterocycles. The summed E-state index contributed by atoms with van der Waals surface area (Å²) in [5, 5.41) is 1.39. The Balaban J connectivity index is 1.32. The van der Waals surface area contributed by atoms with Crippen molar-refractivity contribution in [2.45, 2.75) is 112 Å². The van der Waals surface area contributed by atoms with Crippen molar-refractivity contribution in [1.82, 2.24) is 9.21 Å². The summed E-state index contributed by atoms with van der Waals surface area (Å²) in [6.45, 7) is 2.48. The molecule has 1 saturated carbocycles. The summed E-state index contributed by atoms with van der Waals surface area (Å²) in [7, 11) is -3.48. The number of benzene rings is 3. The predicted molar refractivity (Wildman–Crippen MR) is 177 cm³/mol. The zero-order valence-electron chi connectivity index (χ0n) is 27.1. The first-order valence-corrected chi connectivity index (χ1v) is 18.3. The Morgan fingerprint density at radius 3 is 2.23 bits per heavy atom. The molecular weight excluding hydrogens is 624 g/mol. The molecule has 3 atom stereocenters. The number of likely N-dealkylation sites (N-methyl/N-ethyl adjacent to an activating group) is 1. The maximum absolute atomic E-state index is 16.7. The molecule has 2 bridgehead atoms. The number of ether oxygens (including phenoxy) is 2. The van der Waals surface area contributed by atoms with Crippen LogP contribution in [0.3, 0.4) is 0 Å². The molecule has 47 heavy (non-hydrogen) atoms. The van der Waals surface area contributed by atoms with E-state index in [1.54, 1.807) is 18.2 Å². The van der Waals surface area contributed by atoms with Crippen molar-refractivity contribution in [3.63, 3.8) is 0 Å². The van der Waals surface area contributed by atoms with Crippen LogP contribution < -0.4 is 15.2 Å². The number of nitrogens with two attached hydrogens (primary N) is 1. The van der Waals surface area contributed by atoms with E-state index in [0.29, 0.717) is 53.5 Å². The van der Waals surface area contributed by atoms with Crippen LogP contribution in [-0.2, 0) is 20.7 Å². The number of halogens is 2. The number of piperidine rings is 1. The van der Waals surface area contributed by atoms with Crippen LogP contribution in [0.2, 0.25) is 0 Å². The number of carbonyl (C=O) groups excluding carboxylic acids is 1. The molecule has 6 rings (SSSR count). The standard InChI is InChI=1S/C36H45F2N3O5S/c1-3-4-19-45-30-16-11-26(12-17-30)36(37,38)34(35(42)41-28-13-14-29(41)23-27(39)22-28)40(2)47(43,44)33-18-10-24-20-32(15-9-25(24)21-33)46-31-7-5-6-8-31/h9-12,15-18,20-21,27-29,31,34H,3-8,13-14,19,22-23,39H2,1-2H3/t27?,28?,29?,34-/m1/s1. The van der Waals surface area contributed by atoms with Gasteiger partial charge in [-0.3, -0.25) is 4.79 Å². The number of sulfonamides is 1. The highest BCUT2D eigenvalue weighted by molar-refractivity contribution is 7.89. The second kappa shape index (κ2) is 13.7. The molecule has 3 aliphatic rings. The van der Waals surface area contributed by atoms with Gasteiger partial charge in [0.05, 0.1) is 17.6 Å². The lowest BCUT2D eigenvalue weighted by Crippen LogP contribution is -2.61. The van der Waals surface area contributed by atoms with Crippen LogP contribution in [-0.4, -0.2) is 67.5 Å². The zero-order valence-corrected chi connectivity index (χ0v) is 27.9. The fourth-order valence-electron chi connectivity index (χ4n) is 7.46. The summed E-state index contributed by atoms with van der Waals surface area (Å²) < 4.78 is 74.1. The SMILES string of the molecule is CCCCOc1ccc(C(F)(F)[C@@H](C(=O)N2C3CCC2CC(N)C3)N(C)S(=O)(=O)c2ccc3cc(OC4CCCC4)ccc3c2)cc1. The molecule has 1 amide bonds. The summed E-state index contributed by atoms with van der Waals surface area (Å²) in [4.78, 5) is 15.6. The Bertz CT molecular complexity index is 1670. The normalized spacial score (nSPS) is 22.6. The molecule has 2 aliphatic heterocycles. The van der Waals surface area contributed by atoms with E-state index < -0.39 is 33.5 Å². The summed E-state index contributed by atoms with van der Waals surface area (Å²) >= 11 is 0. The second-order valence-electron chi connectivity index (χ2n) is 13.3. The van der Waals surface area contributed by atoms with Crippen molar-refractivity contribution in [3.05, 3.63) is 66.2 Å². The van der Waals surface area contributed by atoms with Crippen molar-refractivity contribution in [1.29, 1.82) is 0 Å². The van der Waals surface area contributed by atoms with Gasteiger partial charge in [0.1, 0.15) is 11.5 Å². The highest BCUT2D eigenvalue weighted by atomic mass is 32.2. The minimum Gasteiger partial charge on any atom is -0.494 e. The van der Waals surface area contributed by atoms with Gasteiger partial charge in [-0.15, -0.1) is 0 Å². The van der Waals surface area contributed by atoms with Crippen molar-refractivity contribution in [2.75, 3.05) is 13.7 Å². The Morgan fingerprint density at radius 2 is 1.57 bits per heavy atom. The lowest BCUT2D eigenvalue weighted by molar-refractivity contribution is -0.154. The summed E-state index contributed by atoms with van der Waals surface area (Å²) in [5.41, 5.74) is 5.75. The third-order valence-corrected chi connectivity index (χ3v) is 11.9. The number of unbranched alkanes of at least 4 members (excludes halogenated alkanes) is 1. The second-order valence-corrected chi connectivity index (χ2v) is 15.3. The van der Waals surface area contributed by atoms with Gasteiger partial charge in [0.25, 0.3) is 5.92 Å². The van der Waals surface area contributed by atoms with E-state index in [0.717, 1.165) is 51.0 Å². The molecule has 3 aromatic carbocycles. The first-order valence-electron chi connectivity index (χ1n) is 16.9. The van der Waals surface area contributed by atoms with Crippen LogP contribution in [0.5, 0.6) is 11.5 Å². The minimum atomic E-state index is -4.56. The van der Waals surface area contributed by atoms with Gasteiger partial charge >= 0.3 is 0 Å². The predicted octanol–water partition coefficient (Wildman–Crippen LogP) is 6.60. The third kappa shape index (κ3) is 6.85. The summed E-state index contributed by atoms with van der Waals surface area (Å²) in [6, 6.07) is 12.2. The van der Waals surface area contributed by atoms with Gasteiger partial charge < -0.3 is 20.1 Å². The average molecular weight is 670 g/mol. The topological polar surface area (TPSA) is 102 Å². The zero-order chi connectivity index (χ0) is 33.3. The van der Waals surface area contributed by atoms with Crippen LogP contribution in [0.15, 0.2) is 65.6 Å². The Labute approximate surface area is 276 Å². The highest BCUT2D eigenvalue weighted by Gasteiger charge is 2.56. The monoisotopic (exact) mass is 669 g/mol. The van der Waals surface area contributed by atoms with Crippen LogP contribution >= 0.6 is 0 Å². The molecule has 3 fully saturated rings. The van der Waals surface area contributed by atoms with Gasteiger partial charge in [0.2, 0.25) is 15.9 Å². The molecule has 0 spiro atoms. The summed E-state index contributed by atoms with van der Waals surface area (Å²) in [5.74, 6) is -3.63. The van der Waals surface area contributed by atoms with Gasteiger partial charge in [-0.05, 0) is 117 Å². The van der Waals surface area contributed by atoms with E-state index in [1.165, 1.54) is 41.3 Å². The number of rotatable bonds is 12. The molecule has 2 unspecified atom stereocenters. The number of hydrogen-bond donors (Lipinski definition) is 1. The van der Waals surface area contributed by atoms with Gasteiger partial charge in [-0.1, -0.05) is 25.5 Å². The van der Waals surface area contributed by atoms with Crippen LogP contribution in [0.1, 0.15) is 76.7 Å². The first kappa shape index (κ1) is 33.6. The molecule has 1 aliphatic carbocycles. The van der Waals surface area contributed by atoms with E-state index in [9.17, 15) is 13.2 Å². The Hall–Kier alpha value is -3.28. The smallest absolute Gasteiger partial charge is 0.298 e. The molecule has 0 radical (unpaired) electrons. The Kier molecular flexibility index (Phi) is 9.79. The van der Waals surface area contributed by atoms with Gasteiger partial charge in [-0.2, -0.15) is 13.1 Å². The first-order chi connectivity index (χ1) is 22.5. The van der Waals surface area contributed by atoms with E-state index in [-0.39, 0.29) is 29.1 Å². The number of fused-ring (bicyclic) bond motifs is 3. The largest absolute Gasteiger partial charge is 0.494 e. The third-order valence-electron chi connectivity index (χ3n) is 10.0. The van der Waals surface area contributed by atoms with E-state index in [4.69, 9.17) is 15.2 Å². The lowest BCUT2D eigenvalue weighted by atomic mass is 9.94. The van der Waals surface area contributed by atoms with Crippen molar-refractivity contribution < 1.29 is 31.5 Å². The Morgan fingerprint density at radius 1 is 0.957 bits per heavy atom. The molecule has 3 aromatic rings. The molecule has 2 heterocycles. The minimum absolute atomic E-state index is 0.126. The fourth-order valence-corrected chi connectivity index (χ4v) is 8.81. The molecule has 254 valence electrons. The molecular formula is C36H45F2N3O5S. The number of carbonyl (C=O) groups is 1. The highest BCUT2D eigenvalue weighted by Crippen LogP contribution is 2.42. The number of nitrogens with zero attached hydrogens (tertiary/aromatic N) is 2. The fraction of sp³-hybridized carbons (Fsp3) is 0.528. The number of amides is 1.